The van der Waals surface area contributed by atoms with Crippen LogP contribution < -0.4 is 10.2 Å². The second-order valence-corrected chi connectivity index (χ2v) is 6.32. The zero-order chi connectivity index (χ0) is 15.1. The van der Waals surface area contributed by atoms with E-state index in [4.69, 9.17) is 16.6 Å². The maximum absolute atomic E-state index is 6.24. The van der Waals surface area contributed by atoms with Gasteiger partial charge in [-0.05, 0) is 44.9 Å². The SMILES string of the molecule is CCCNCc1nc(N(CC(C)C)C(C)C)ccc1Cl. The number of nitrogens with zero attached hydrogens (tertiary/aromatic N) is 2. The number of pyridine rings is 1. The van der Waals surface area contributed by atoms with Gasteiger partial charge >= 0.3 is 0 Å². The second-order valence-electron chi connectivity index (χ2n) is 5.91. The fourth-order valence-electron chi connectivity index (χ4n) is 2.10. The molecule has 0 bridgehead atoms. The molecule has 0 aliphatic rings. The largest absolute Gasteiger partial charge is 0.354 e. The Kier molecular flexibility index (Phi) is 7.31. The van der Waals surface area contributed by atoms with E-state index in [0.717, 1.165) is 42.6 Å². The minimum Gasteiger partial charge on any atom is -0.354 e. The maximum atomic E-state index is 6.24. The third kappa shape index (κ3) is 5.29. The van der Waals surface area contributed by atoms with Gasteiger partial charge in [0, 0.05) is 19.1 Å². The Morgan fingerprint density at radius 3 is 2.50 bits per heavy atom. The topological polar surface area (TPSA) is 28.2 Å². The van der Waals surface area contributed by atoms with Crippen molar-refractivity contribution < 1.29 is 0 Å². The van der Waals surface area contributed by atoms with E-state index in [9.17, 15) is 0 Å². The predicted octanol–water partition coefficient (Wildman–Crippen LogP) is 4.11. The van der Waals surface area contributed by atoms with Crippen LogP contribution in [0.4, 0.5) is 5.82 Å². The van der Waals surface area contributed by atoms with Crippen LogP contribution in [0.2, 0.25) is 5.02 Å². The van der Waals surface area contributed by atoms with Crippen LogP contribution >= 0.6 is 11.6 Å². The van der Waals surface area contributed by atoms with Gasteiger partial charge in [0.05, 0.1) is 10.7 Å². The van der Waals surface area contributed by atoms with Crippen molar-refractivity contribution in [1.29, 1.82) is 0 Å². The van der Waals surface area contributed by atoms with Crippen LogP contribution in [0.25, 0.3) is 0 Å². The monoisotopic (exact) mass is 297 g/mol. The summed E-state index contributed by atoms with van der Waals surface area (Å²) in [5.41, 5.74) is 0.937. The van der Waals surface area contributed by atoms with Crippen LogP contribution in [0.15, 0.2) is 12.1 Å². The molecule has 0 atom stereocenters. The molecule has 1 aromatic heterocycles. The van der Waals surface area contributed by atoms with Crippen molar-refractivity contribution in [1.82, 2.24) is 10.3 Å². The molecule has 0 saturated carbocycles. The van der Waals surface area contributed by atoms with Gasteiger partial charge in [-0.1, -0.05) is 32.4 Å². The first-order chi connectivity index (χ1) is 9.45. The van der Waals surface area contributed by atoms with Crippen LogP contribution in [-0.4, -0.2) is 24.1 Å². The molecule has 1 aromatic rings. The van der Waals surface area contributed by atoms with Crippen molar-refractivity contribution in [2.45, 2.75) is 53.6 Å². The zero-order valence-electron chi connectivity index (χ0n) is 13.4. The number of nitrogens with one attached hydrogen (secondary N) is 1. The van der Waals surface area contributed by atoms with E-state index >= 15 is 0 Å². The first-order valence-electron chi connectivity index (χ1n) is 7.58. The first kappa shape index (κ1) is 17.3. The fourth-order valence-corrected chi connectivity index (χ4v) is 2.27. The molecule has 0 amide bonds. The van der Waals surface area contributed by atoms with Gasteiger partial charge in [0.1, 0.15) is 5.82 Å². The Morgan fingerprint density at radius 2 is 1.95 bits per heavy atom. The molecule has 0 unspecified atom stereocenters. The van der Waals surface area contributed by atoms with E-state index < -0.39 is 0 Å². The Bertz CT molecular complexity index is 405. The predicted molar refractivity (Wildman–Crippen MR) is 88.6 cm³/mol. The summed E-state index contributed by atoms with van der Waals surface area (Å²) in [5, 5.41) is 4.10. The lowest BCUT2D eigenvalue weighted by molar-refractivity contribution is 0.564. The van der Waals surface area contributed by atoms with Gasteiger partial charge in [0.25, 0.3) is 0 Å². The van der Waals surface area contributed by atoms with Gasteiger partial charge in [0.15, 0.2) is 0 Å². The third-order valence-electron chi connectivity index (χ3n) is 3.10. The molecule has 3 nitrogen and oxygen atoms in total. The lowest BCUT2D eigenvalue weighted by atomic mass is 10.1. The second kappa shape index (κ2) is 8.48. The van der Waals surface area contributed by atoms with E-state index in [2.05, 4.69) is 44.8 Å². The molecule has 1 N–H and O–H groups in total. The average Bonchev–Trinajstić information content (AvgIpc) is 2.38. The van der Waals surface area contributed by atoms with E-state index in [1.807, 2.05) is 12.1 Å². The number of hydrogen-bond donors (Lipinski definition) is 1. The fraction of sp³-hybridized carbons (Fsp3) is 0.688. The Hall–Kier alpha value is -0.800. The van der Waals surface area contributed by atoms with Crippen LogP contribution in [0.5, 0.6) is 0 Å². The maximum Gasteiger partial charge on any atom is 0.129 e. The van der Waals surface area contributed by atoms with Gasteiger partial charge < -0.3 is 10.2 Å². The molecule has 114 valence electrons. The number of anilines is 1. The van der Waals surface area contributed by atoms with Crippen molar-refractivity contribution in [2.75, 3.05) is 18.0 Å². The van der Waals surface area contributed by atoms with Gasteiger partial charge in [-0.2, -0.15) is 0 Å². The van der Waals surface area contributed by atoms with Crippen molar-refractivity contribution in [3.63, 3.8) is 0 Å². The average molecular weight is 298 g/mol. The standard InChI is InChI=1S/C16H28ClN3/c1-6-9-18-10-15-14(17)7-8-16(19-15)20(13(4)5)11-12(2)3/h7-8,12-13,18H,6,9-11H2,1-5H3. The lowest BCUT2D eigenvalue weighted by Gasteiger charge is -2.30. The lowest BCUT2D eigenvalue weighted by Crippen LogP contribution is -2.35. The summed E-state index contributed by atoms with van der Waals surface area (Å²) < 4.78 is 0. The summed E-state index contributed by atoms with van der Waals surface area (Å²) in [5.74, 6) is 1.63. The molecule has 4 heteroatoms. The number of aromatic nitrogens is 1. The minimum atomic E-state index is 0.433. The van der Waals surface area contributed by atoms with Crippen molar-refractivity contribution in [3.8, 4) is 0 Å². The highest BCUT2D eigenvalue weighted by Gasteiger charge is 2.15. The van der Waals surface area contributed by atoms with Crippen LogP contribution in [-0.2, 0) is 6.54 Å². The number of rotatable bonds is 8. The van der Waals surface area contributed by atoms with Crippen molar-refractivity contribution >= 4 is 17.4 Å². The van der Waals surface area contributed by atoms with Gasteiger partial charge in [-0.25, -0.2) is 4.98 Å². The van der Waals surface area contributed by atoms with Crippen LogP contribution in [0.1, 0.15) is 46.7 Å². The molecule has 0 fully saturated rings. The van der Waals surface area contributed by atoms with Crippen molar-refractivity contribution in [3.05, 3.63) is 22.8 Å². The summed E-state index contributed by atoms with van der Waals surface area (Å²) in [7, 11) is 0. The molecular formula is C16H28ClN3. The summed E-state index contributed by atoms with van der Waals surface area (Å²) in [4.78, 5) is 7.09. The smallest absolute Gasteiger partial charge is 0.129 e. The van der Waals surface area contributed by atoms with Gasteiger partial charge in [-0.15, -0.1) is 0 Å². The molecule has 1 heterocycles. The Morgan fingerprint density at radius 1 is 1.25 bits per heavy atom. The van der Waals surface area contributed by atoms with Crippen LogP contribution in [0.3, 0.4) is 0 Å². The van der Waals surface area contributed by atoms with Crippen molar-refractivity contribution in [2.24, 2.45) is 5.92 Å². The Labute approximate surface area is 128 Å². The van der Waals surface area contributed by atoms with Gasteiger partial charge in [-0.3, -0.25) is 0 Å². The van der Waals surface area contributed by atoms with E-state index in [1.54, 1.807) is 0 Å². The minimum absolute atomic E-state index is 0.433. The molecule has 0 aliphatic heterocycles. The molecule has 0 aliphatic carbocycles. The summed E-state index contributed by atoms with van der Waals surface area (Å²) >= 11 is 6.24. The van der Waals surface area contributed by atoms with E-state index in [1.165, 1.54) is 0 Å². The quantitative estimate of drug-likeness (QED) is 0.732. The van der Waals surface area contributed by atoms with E-state index in [0.29, 0.717) is 12.0 Å². The number of halogens is 1. The van der Waals surface area contributed by atoms with Gasteiger partial charge in [0.2, 0.25) is 0 Å². The molecular weight excluding hydrogens is 270 g/mol. The molecule has 0 aromatic carbocycles. The third-order valence-corrected chi connectivity index (χ3v) is 3.45. The highest BCUT2D eigenvalue weighted by molar-refractivity contribution is 6.31. The molecule has 20 heavy (non-hydrogen) atoms. The highest BCUT2D eigenvalue weighted by Crippen LogP contribution is 2.21. The molecule has 0 saturated heterocycles. The molecule has 0 radical (unpaired) electrons. The zero-order valence-corrected chi connectivity index (χ0v) is 14.2. The molecule has 1 rings (SSSR count). The first-order valence-corrected chi connectivity index (χ1v) is 7.96. The van der Waals surface area contributed by atoms with Crippen LogP contribution in [0, 0.1) is 5.92 Å². The highest BCUT2D eigenvalue weighted by atomic mass is 35.5. The van der Waals surface area contributed by atoms with E-state index in [-0.39, 0.29) is 0 Å². The summed E-state index contributed by atoms with van der Waals surface area (Å²) in [6.45, 7) is 13.7. The molecule has 0 spiro atoms. The normalized spacial score (nSPS) is 11.4. The Balaban J connectivity index is 2.90. The number of hydrogen-bond acceptors (Lipinski definition) is 3. The summed E-state index contributed by atoms with van der Waals surface area (Å²) in [6.07, 6.45) is 1.11. The summed E-state index contributed by atoms with van der Waals surface area (Å²) in [6, 6.07) is 4.42.